The lowest BCUT2D eigenvalue weighted by Crippen LogP contribution is -2.23. The van der Waals surface area contributed by atoms with Crippen LogP contribution in [0.15, 0.2) is 6.33 Å². The van der Waals surface area contributed by atoms with Crippen LogP contribution in [0.1, 0.15) is 36.6 Å². The predicted octanol–water partition coefficient (Wildman–Crippen LogP) is 3.32. The number of hydrogen-bond donors (Lipinski definition) is 1. The topological polar surface area (TPSA) is 41.0 Å². The minimum absolute atomic E-state index is 0.421. The van der Waals surface area contributed by atoms with Gasteiger partial charge in [-0.25, -0.2) is 9.97 Å². The highest BCUT2D eigenvalue weighted by Gasteiger charge is 2.20. The van der Waals surface area contributed by atoms with Crippen molar-refractivity contribution in [2.24, 2.45) is 0 Å². The maximum Gasteiger partial charge on any atom is 0.138 e. The van der Waals surface area contributed by atoms with Crippen molar-refractivity contribution in [3.8, 4) is 0 Å². The molecule has 1 unspecified atom stereocenters. The van der Waals surface area contributed by atoms with Crippen LogP contribution in [0.2, 0.25) is 0 Å². The fraction of sp³-hybridized carbons (Fsp3) is 0.625. The Morgan fingerprint density at radius 2 is 2.10 bits per heavy atom. The van der Waals surface area contributed by atoms with Gasteiger partial charge in [-0.2, -0.15) is 0 Å². The van der Waals surface area contributed by atoms with Crippen molar-refractivity contribution in [2.75, 3.05) is 26.0 Å². The first-order chi connectivity index (χ1) is 10.1. The first kappa shape index (κ1) is 14.7. The second kappa shape index (κ2) is 6.28. The summed E-state index contributed by atoms with van der Waals surface area (Å²) in [5.74, 6) is 1.03. The molecule has 0 fully saturated rings. The smallest absolute Gasteiger partial charge is 0.138 e. The molecular weight excluding hydrogens is 280 g/mol. The Balaban J connectivity index is 1.86. The van der Waals surface area contributed by atoms with Crippen molar-refractivity contribution in [1.82, 2.24) is 14.9 Å². The molecule has 0 bridgehead atoms. The minimum atomic E-state index is 0.421. The number of anilines is 1. The number of rotatable bonds is 5. The van der Waals surface area contributed by atoms with Crippen LogP contribution in [0.5, 0.6) is 0 Å². The quantitative estimate of drug-likeness (QED) is 0.920. The van der Waals surface area contributed by atoms with Crippen LogP contribution in [0.4, 0.5) is 5.82 Å². The molecule has 0 saturated carbocycles. The zero-order valence-electron chi connectivity index (χ0n) is 13.1. The maximum absolute atomic E-state index is 4.53. The number of fused-ring (bicyclic) bond motifs is 3. The number of nitrogens with zero attached hydrogens (tertiary/aromatic N) is 3. The van der Waals surface area contributed by atoms with Crippen LogP contribution in [0.25, 0.3) is 10.2 Å². The molecule has 1 atom stereocenters. The van der Waals surface area contributed by atoms with Crippen LogP contribution in [-0.2, 0) is 12.8 Å². The van der Waals surface area contributed by atoms with E-state index in [2.05, 4.69) is 41.2 Å². The molecular formula is C16H24N4S. The second-order valence-electron chi connectivity index (χ2n) is 6.25. The summed E-state index contributed by atoms with van der Waals surface area (Å²) in [6.45, 7) is 3.32. The zero-order valence-corrected chi connectivity index (χ0v) is 14.0. The number of nitrogens with one attached hydrogen (secondary N) is 1. The average Bonchev–Trinajstić information content (AvgIpc) is 2.84. The van der Waals surface area contributed by atoms with Gasteiger partial charge >= 0.3 is 0 Å². The standard InChI is InChI=1S/C16H24N4S/c1-11(8-9-20(2)3)19-15-14-12-6-4-5-7-13(12)21-16(14)18-10-17-15/h10-11H,4-9H2,1-3H3,(H,17,18,19). The van der Waals surface area contributed by atoms with Crippen molar-refractivity contribution in [1.29, 1.82) is 0 Å². The molecule has 1 aliphatic carbocycles. The minimum Gasteiger partial charge on any atom is -0.367 e. The van der Waals surface area contributed by atoms with Crippen LogP contribution >= 0.6 is 11.3 Å². The highest BCUT2D eigenvalue weighted by atomic mass is 32.1. The Kier molecular flexibility index (Phi) is 4.40. The number of aromatic nitrogens is 2. The Labute approximate surface area is 130 Å². The molecule has 0 radical (unpaired) electrons. The van der Waals surface area contributed by atoms with Gasteiger partial charge in [0.1, 0.15) is 17.0 Å². The van der Waals surface area contributed by atoms with Crippen molar-refractivity contribution in [2.45, 2.75) is 45.1 Å². The molecule has 3 rings (SSSR count). The first-order valence-corrected chi connectivity index (χ1v) is 8.63. The Hall–Kier alpha value is -1.20. The van der Waals surface area contributed by atoms with Gasteiger partial charge in [0.25, 0.3) is 0 Å². The summed E-state index contributed by atoms with van der Waals surface area (Å²) >= 11 is 1.86. The lowest BCUT2D eigenvalue weighted by atomic mass is 9.97. The summed E-state index contributed by atoms with van der Waals surface area (Å²) in [4.78, 5) is 13.9. The largest absolute Gasteiger partial charge is 0.367 e. The van der Waals surface area contributed by atoms with Crippen LogP contribution in [0.3, 0.4) is 0 Å². The van der Waals surface area contributed by atoms with E-state index in [1.165, 1.54) is 41.5 Å². The van der Waals surface area contributed by atoms with Crippen LogP contribution in [-0.4, -0.2) is 41.5 Å². The fourth-order valence-electron chi connectivity index (χ4n) is 2.96. The van der Waals surface area contributed by atoms with E-state index in [1.54, 1.807) is 6.33 Å². The zero-order chi connectivity index (χ0) is 14.8. The lowest BCUT2D eigenvalue weighted by Gasteiger charge is -2.18. The van der Waals surface area contributed by atoms with Crippen LogP contribution < -0.4 is 5.32 Å². The van der Waals surface area contributed by atoms with Gasteiger partial charge in [-0.1, -0.05) is 0 Å². The van der Waals surface area contributed by atoms with E-state index in [9.17, 15) is 0 Å². The van der Waals surface area contributed by atoms with Crippen molar-refractivity contribution >= 4 is 27.4 Å². The van der Waals surface area contributed by atoms with Gasteiger partial charge in [-0.05, 0) is 65.2 Å². The molecule has 0 amide bonds. The Morgan fingerprint density at radius 3 is 2.90 bits per heavy atom. The SMILES string of the molecule is CC(CCN(C)C)Nc1ncnc2sc3c(c12)CCCC3. The maximum atomic E-state index is 4.53. The third-order valence-electron chi connectivity index (χ3n) is 4.14. The molecule has 5 heteroatoms. The number of hydrogen-bond acceptors (Lipinski definition) is 5. The second-order valence-corrected chi connectivity index (χ2v) is 7.33. The molecule has 4 nitrogen and oxygen atoms in total. The molecule has 2 heterocycles. The number of aryl methyl sites for hydroxylation is 2. The van der Waals surface area contributed by atoms with E-state index in [1.807, 2.05) is 11.3 Å². The lowest BCUT2D eigenvalue weighted by molar-refractivity contribution is 0.390. The average molecular weight is 304 g/mol. The van der Waals surface area contributed by atoms with E-state index in [0.717, 1.165) is 23.6 Å². The van der Waals surface area contributed by atoms with Gasteiger partial charge in [0.15, 0.2) is 0 Å². The monoisotopic (exact) mass is 304 g/mol. The van der Waals surface area contributed by atoms with Crippen molar-refractivity contribution in [3.63, 3.8) is 0 Å². The molecule has 0 aliphatic heterocycles. The predicted molar refractivity (Wildman–Crippen MR) is 90.3 cm³/mol. The molecule has 0 aromatic carbocycles. The highest BCUT2D eigenvalue weighted by molar-refractivity contribution is 7.19. The van der Waals surface area contributed by atoms with Gasteiger partial charge in [0.2, 0.25) is 0 Å². The molecule has 0 saturated heterocycles. The summed E-state index contributed by atoms with van der Waals surface area (Å²) in [5.41, 5.74) is 1.50. The van der Waals surface area contributed by atoms with Gasteiger partial charge < -0.3 is 10.2 Å². The molecule has 0 spiro atoms. The van der Waals surface area contributed by atoms with E-state index in [4.69, 9.17) is 0 Å². The van der Waals surface area contributed by atoms with Gasteiger partial charge in [0, 0.05) is 10.9 Å². The molecule has 2 aromatic rings. The third-order valence-corrected chi connectivity index (χ3v) is 5.34. The molecule has 114 valence electrons. The summed E-state index contributed by atoms with van der Waals surface area (Å²) < 4.78 is 0. The first-order valence-electron chi connectivity index (χ1n) is 7.81. The summed E-state index contributed by atoms with van der Waals surface area (Å²) in [5, 5.41) is 4.89. The van der Waals surface area contributed by atoms with E-state index >= 15 is 0 Å². The van der Waals surface area contributed by atoms with E-state index < -0.39 is 0 Å². The number of thiophene rings is 1. The molecule has 1 aliphatic rings. The Morgan fingerprint density at radius 1 is 1.29 bits per heavy atom. The Bertz CT molecular complexity index is 620. The fourth-order valence-corrected chi connectivity index (χ4v) is 4.19. The van der Waals surface area contributed by atoms with E-state index in [-0.39, 0.29) is 0 Å². The molecule has 2 aromatic heterocycles. The molecule has 21 heavy (non-hydrogen) atoms. The van der Waals surface area contributed by atoms with Gasteiger partial charge in [-0.3, -0.25) is 0 Å². The highest BCUT2D eigenvalue weighted by Crippen LogP contribution is 2.38. The van der Waals surface area contributed by atoms with Crippen molar-refractivity contribution in [3.05, 3.63) is 16.8 Å². The third kappa shape index (κ3) is 3.19. The normalized spacial score (nSPS) is 16.2. The van der Waals surface area contributed by atoms with Crippen molar-refractivity contribution < 1.29 is 0 Å². The van der Waals surface area contributed by atoms with Crippen LogP contribution in [0, 0.1) is 0 Å². The summed E-state index contributed by atoms with van der Waals surface area (Å²) in [7, 11) is 4.23. The van der Waals surface area contributed by atoms with Gasteiger partial charge in [-0.15, -0.1) is 11.3 Å². The van der Waals surface area contributed by atoms with Gasteiger partial charge in [0.05, 0.1) is 5.39 Å². The molecule has 1 N–H and O–H groups in total. The summed E-state index contributed by atoms with van der Waals surface area (Å²) in [6.07, 6.45) is 7.82. The van der Waals surface area contributed by atoms with E-state index in [0.29, 0.717) is 6.04 Å². The summed E-state index contributed by atoms with van der Waals surface area (Å²) in [6, 6.07) is 0.421.